The molecule has 1 aromatic heterocycles. The zero-order valence-corrected chi connectivity index (χ0v) is 12.9. The Bertz CT molecular complexity index is 837. The van der Waals surface area contributed by atoms with Crippen LogP contribution in [-0.4, -0.2) is 10.4 Å². The second-order valence-corrected chi connectivity index (χ2v) is 5.06. The average Bonchev–Trinajstić information content (AvgIpc) is 2.51. The van der Waals surface area contributed by atoms with Gasteiger partial charge in [0.2, 0.25) is 0 Å². The number of rotatable bonds is 3. The molecular formula is C18H17N3O. The molecule has 0 spiro atoms. The molecule has 0 fully saturated rings. The van der Waals surface area contributed by atoms with Crippen molar-refractivity contribution in [3.63, 3.8) is 0 Å². The largest absolute Gasteiger partial charge is 0.289 e. The number of hydrogen-bond acceptors (Lipinski definition) is 3. The van der Waals surface area contributed by atoms with Crippen LogP contribution in [0.3, 0.4) is 0 Å². The first kappa shape index (κ1) is 15.5. The molecule has 0 saturated heterocycles. The van der Waals surface area contributed by atoms with Crippen molar-refractivity contribution >= 4 is 11.8 Å². The number of allylic oxidation sites excluding steroid dienone is 1. The Hall–Kier alpha value is -2.93. The zero-order chi connectivity index (χ0) is 16.1. The van der Waals surface area contributed by atoms with Gasteiger partial charge in [-0.25, -0.2) is 4.68 Å². The molecule has 1 heterocycles. The van der Waals surface area contributed by atoms with E-state index < -0.39 is 0 Å². The molecule has 0 saturated carbocycles. The van der Waals surface area contributed by atoms with Gasteiger partial charge in [-0.05, 0) is 44.0 Å². The van der Waals surface area contributed by atoms with Crippen LogP contribution in [-0.2, 0) is 0 Å². The Morgan fingerprint density at radius 3 is 2.59 bits per heavy atom. The smallest absolute Gasteiger partial charge is 0.266 e. The van der Waals surface area contributed by atoms with E-state index >= 15 is 0 Å². The minimum absolute atomic E-state index is 0.134. The standard InChI is InChI=1S/C18H17N3O/c1-13-11-15(3)21(18(22)17(13)12-19)20-14(2)9-10-16-7-5-4-6-8-16/h4-11H,1-3H3/b10-9+,20-14?. The Kier molecular flexibility index (Phi) is 4.70. The summed E-state index contributed by atoms with van der Waals surface area (Å²) in [6.45, 7) is 5.37. The van der Waals surface area contributed by atoms with Gasteiger partial charge < -0.3 is 0 Å². The van der Waals surface area contributed by atoms with Crippen molar-refractivity contribution < 1.29 is 0 Å². The first-order chi connectivity index (χ1) is 10.5. The van der Waals surface area contributed by atoms with Gasteiger partial charge in [-0.2, -0.15) is 10.4 Å². The zero-order valence-electron chi connectivity index (χ0n) is 12.9. The fourth-order valence-electron chi connectivity index (χ4n) is 2.11. The lowest BCUT2D eigenvalue weighted by Crippen LogP contribution is -2.23. The molecule has 0 aliphatic heterocycles. The van der Waals surface area contributed by atoms with Gasteiger partial charge in [0.15, 0.2) is 0 Å². The van der Waals surface area contributed by atoms with Crippen LogP contribution in [0.1, 0.15) is 29.3 Å². The normalized spacial score (nSPS) is 11.6. The van der Waals surface area contributed by atoms with Gasteiger partial charge in [0, 0.05) is 5.69 Å². The third kappa shape index (κ3) is 3.39. The van der Waals surface area contributed by atoms with E-state index in [1.165, 1.54) is 4.68 Å². The lowest BCUT2D eigenvalue weighted by molar-refractivity contribution is 0.782. The molecule has 0 bridgehead atoms. The minimum atomic E-state index is -0.382. The SMILES string of the molecule is CC(/C=C/c1ccccc1)=Nn1c(C)cc(C)c(C#N)c1=O. The number of pyridine rings is 1. The van der Waals surface area contributed by atoms with E-state index in [1.807, 2.05) is 55.5 Å². The van der Waals surface area contributed by atoms with Crippen LogP contribution in [0.5, 0.6) is 0 Å². The maximum Gasteiger partial charge on any atom is 0.289 e. The number of aryl methyl sites for hydroxylation is 2. The fraction of sp³-hybridized carbons (Fsp3) is 0.167. The summed E-state index contributed by atoms with van der Waals surface area (Å²) in [5.41, 5.74) is 2.87. The predicted molar refractivity (Wildman–Crippen MR) is 88.9 cm³/mol. The molecule has 22 heavy (non-hydrogen) atoms. The van der Waals surface area contributed by atoms with E-state index in [1.54, 1.807) is 19.9 Å². The second-order valence-electron chi connectivity index (χ2n) is 5.06. The van der Waals surface area contributed by atoms with E-state index in [4.69, 9.17) is 5.26 Å². The topological polar surface area (TPSA) is 58.1 Å². The summed E-state index contributed by atoms with van der Waals surface area (Å²) in [5.74, 6) is 0. The van der Waals surface area contributed by atoms with Gasteiger partial charge in [-0.3, -0.25) is 4.79 Å². The van der Waals surface area contributed by atoms with Crippen molar-refractivity contribution in [2.24, 2.45) is 5.10 Å². The van der Waals surface area contributed by atoms with Crippen LogP contribution in [0.15, 0.2) is 52.4 Å². The molecule has 0 N–H and O–H groups in total. The quantitative estimate of drug-likeness (QED) is 0.815. The van der Waals surface area contributed by atoms with Crippen molar-refractivity contribution in [1.82, 2.24) is 4.68 Å². The van der Waals surface area contributed by atoms with Gasteiger partial charge in [-0.15, -0.1) is 0 Å². The summed E-state index contributed by atoms with van der Waals surface area (Å²) in [6, 6.07) is 13.6. The number of benzene rings is 1. The van der Waals surface area contributed by atoms with Crippen LogP contribution < -0.4 is 5.56 Å². The Morgan fingerprint density at radius 1 is 1.27 bits per heavy atom. The van der Waals surface area contributed by atoms with Crippen molar-refractivity contribution in [2.45, 2.75) is 20.8 Å². The maximum atomic E-state index is 12.3. The molecule has 0 aliphatic carbocycles. The molecule has 0 radical (unpaired) electrons. The summed E-state index contributed by atoms with van der Waals surface area (Å²) < 4.78 is 1.27. The molecular weight excluding hydrogens is 274 g/mol. The van der Waals surface area contributed by atoms with Crippen molar-refractivity contribution in [2.75, 3.05) is 0 Å². The second kappa shape index (κ2) is 6.68. The first-order valence-corrected chi connectivity index (χ1v) is 6.95. The lowest BCUT2D eigenvalue weighted by Gasteiger charge is -2.07. The van der Waals surface area contributed by atoms with E-state index in [-0.39, 0.29) is 11.1 Å². The first-order valence-electron chi connectivity index (χ1n) is 6.95. The number of nitrogens with zero attached hydrogens (tertiary/aromatic N) is 3. The van der Waals surface area contributed by atoms with E-state index in [9.17, 15) is 4.79 Å². The summed E-state index contributed by atoms with van der Waals surface area (Å²) in [4.78, 5) is 12.3. The lowest BCUT2D eigenvalue weighted by atomic mass is 10.1. The molecule has 0 aliphatic rings. The average molecular weight is 291 g/mol. The summed E-state index contributed by atoms with van der Waals surface area (Å²) in [6.07, 6.45) is 3.77. The summed E-state index contributed by atoms with van der Waals surface area (Å²) in [7, 11) is 0. The van der Waals surface area contributed by atoms with Crippen molar-refractivity contribution in [1.29, 1.82) is 5.26 Å². The summed E-state index contributed by atoms with van der Waals surface area (Å²) >= 11 is 0. The van der Waals surface area contributed by atoms with Crippen LogP contribution in [0.25, 0.3) is 6.08 Å². The van der Waals surface area contributed by atoms with E-state index in [0.717, 1.165) is 5.56 Å². The monoisotopic (exact) mass is 291 g/mol. The Morgan fingerprint density at radius 2 is 1.95 bits per heavy atom. The molecule has 0 atom stereocenters. The van der Waals surface area contributed by atoms with E-state index in [0.29, 0.717) is 17.0 Å². The molecule has 110 valence electrons. The van der Waals surface area contributed by atoms with Crippen LogP contribution in [0.2, 0.25) is 0 Å². The molecule has 0 amide bonds. The van der Waals surface area contributed by atoms with Crippen LogP contribution >= 0.6 is 0 Å². The number of nitriles is 1. The van der Waals surface area contributed by atoms with Gasteiger partial charge in [0.25, 0.3) is 5.56 Å². The van der Waals surface area contributed by atoms with Gasteiger partial charge in [-0.1, -0.05) is 36.4 Å². The predicted octanol–water partition coefficient (Wildman–Crippen LogP) is 3.27. The highest BCUT2D eigenvalue weighted by molar-refractivity contribution is 5.96. The molecule has 2 rings (SSSR count). The van der Waals surface area contributed by atoms with Gasteiger partial charge in [0.1, 0.15) is 11.6 Å². The maximum absolute atomic E-state index is 12.3. The highest BCUT2D eigenvalue weighted by Gasteiger charge is 2.09. The van der Waals surface area contributed by atoms with Crippen molar-refractivity contribution in [3.8, 4) is 6.07 Å². The molecule has 4 nitrogen and oxygen atoms in total. The van der Waals surface area contributed by atoms with Gasteiger partial charge in [0.05, 0.1) is 5.71 Å². The number of aromatic nitrogens is 1. The number of hydrogen-bond donors (Lipinski definition) is 0. The fourth-order valence-corrected chi connectivity index (χ4v) is 2.11. The third-order valence-corrected chi connectivity index (χ3v) is 3.25. The third-order valence-electron chi connectivity index (χ3n) is 3.25. The molecule has 0 unspecified atom stereocenters. The van der Waals surface area contributed by atoms with Crippen molar-refractivity contribution in [3.05, 3.63) is 75.2 Å². The highest BCUT2D eigenvalue weighted by atomic mass is 16.1. The van der Waals surface area contributed by atoms with E-state index in [2.05, 4.69) is 5.10 Å². The minimum Gasteiger partial charge on any atom is -0.266 e. The summed E-state index contributed by atoms with van der Waals surface area (Å²) in [5, 5.41) is 13.4. The van der Waals surface area contributed by atoms with Crippen LogP contribution in [0.4, 0.5) is 0 Å². The van der Waals surface area contributed by atoms with Crippen LogP contribution in [0, 0.1) is 25.2 Å². The Balaban J connectivity index is 2.39. The molecule has 2 aromatic rings. The van der Waals surface area contributed by atoms with Gasteiger partial charge >= 0.3 is 0 Å². The Labute approximate surface area is 129 Å². The highest BCUT2D eigenvalue weighted by Crippen LogP contribution is 2.06. The molecule has 4 heteroatoms. The molecule has 1 aromatic carbocycles.